The fourth-order valence-electron chi connectivity index (χ4n) is 2.85. The van der Waals surface area contributed by atoms with Crippen LogP contribution in [0.2, 0.25) is 0 Å². The summed E-state index contributed by atoms with van der Waals surface area (Å²) in [5, 5.41) is 5.44. The molecule has 0 unspecified atom stereocenters. The monoisotopic (exact) mass is 463 g/mol. The van der Waals surface area contributed by atoms with E-state index in [1.54, 1.807) is 0 Å². The van der Waals surface area contributed by atoms with Crippen LogP contribution in [0.15, 0.2) is 48.5 Å². The Hall–Kier alpha value is -0.609. The van der Waals surface area contributed by atoms with E-state index in [1.165, 1.54) is 32.7 Å². The summed E-state index contributed by atoms with van der Waals surface area (Å²) in [6.07, 6.45) is 6.44. The molecular formula is C23H27Cl2NSiTi-4. The van der Waals surface area contributed by atoms with E-state index in [0.717, 1.165) is 6.42 Å². The molecule has 1 aliphatic rings. The van der Waals surface area contributed by atoms with E-state index in [-0.39, 0.29) is 77.9 Å². The number of allylic oxidation sites excluding steroid dienone is 1. The molecule has 0 saturated heterocycles. The van der Waals surface area contributed by atoms with Crippen molar-refractivity contribution in [1.82, 2.24) is 0 Å². The Labute approximate surface area is 203 Å². The molecule has 0 aromatic heterocycles. The van der Waals surface area contributed by atoms with Crippen molar-refractivity contribution >= 4 is 38.6 Å². The fourth-order valence-corrected chi connectivity index (χ4v) is 2.85. The first-order chi connectivity index (χ1) is 10.4. The quantitative estimate of drug-likeness (QED) is 0.266. The molecule has 0 spiro atoms. The van der Waals surface area contributed by atoms with Crippen molar-refractivity contribution in [3.63, 3.8) is 0 Å². The first-order valence-corrected chi connectivity index (χ1v) is 7.69. The first kappa shape index (κ1) is 34.9. The summed E-state index contributed by atoms with van der Waals surface area (Å²) in [5.74, 6) is 0. The van der Waals surface area contributed by atoms with Crippen LogP contribution in [-0.4, -0.2) is 16.5 Å². The summed E-state index contributed by atoms with van der Waals surface area (Å²) >= 11 is 0. The van der Waals surface area contributed by atoms with E-state index in [2.05, 4.69) is 60.7 Å². The molecule has 0 aliphatic heterocycles. The van der Waals surface area contributed by atoms with E-state index in [0.29, 0.717) is 0 Å². The van der Waals surface area contributed by atoms with E-state index in [9.17, 15) is 0 Å². The van der Waals surface area contributed by atoms with Gasteiger partial charge in [-0.3, -0.25) is 6.08 Å². The molecule has 150 valence electrons. The van der Waals surface area contributed by atoms with Gasteiger partial charge < -0.3 is 45.4 Å². The van der Waals surface area contributed by atoms with Gasteiger partial charge in [0.15, 0.2) is 0 Å². The molecule has 3 aromatic rings. The summed E-state index contributed by atoms with van der Waals surface area (Å²) < 4.78 is 0. The predicted octanol–water partition coefficient (Wildman–Crippen LogP) is 0.728. The van der Waals surface area contributed by atoms with Gasteiger partial charge in [-0.15, -0.1) is 17.5 Å². The number of hydrogen-bond donors (Lipinski definition) is 0. The number of nitrogens with one attached hydrogen (secondary N) is 1. The Morgan fingerprint density at radius 2 is 1.14 bits per heavy atom. The van der Waals surface area contributed by atoms with Gasteiger partial charge in [0.1, 0.15) is 0 Å². The van der Waals surface area contributed by atoms with Crippen molar-refractivity contribution in [3.8, 4) is 0 Å². The third kappa shape index (κ3) is 8.02. The van der Waals surface area contributed by atoms with Gasteiger partial charge >= 0.3 is 21.7 Å². The van der Waals surface area contributed by atoms with Crippen LogP contribution < -0.4 is 24.8 Å². The van der Waals surface area contributed by atoms with Crippen LogP contribution in [0.4, 0.5) is 0 Å². The largest absolute Gasteiger partial charge is 2.00 e. The molecule has 28 heavy (non-hydrogen) atoms. The second kappa shape index (κ2) is 14.4. The molecule has 1 nitrogen and oxygen atoms in total. The second-order valence-corrected chi connectivity index (χ2v) is 6.76. The summed E-state index contributed by atoms with van der Waals surface area (Å²) in [6, 6.07) is 17.3. The minimum Gasteiger partial charge on any atom is -1.00 e. The van der Waals surface area contributed by atoms with Crippen LogP contribution in [0, 0.1) is 20.9 Å². The van der Waals surface area contributed by atoms with E-state index in [4.69, 9.17) is 5.73 Å². The van der Waals surface area contributed by atoms with Gasteiger partial charge in [-0.25, -0.2) is 6.08 Å². The van der Waals surface area contributed by atoms with Crippen LogP contribution in [0.1, 0.15) is 31.9 Å². The fraction of sp³-hybridized carbons (Fsp3) is 0.217. The van der Waals surface area contributed by atoms with Gasteiger partial charge in [-0.05, 0) is 16.2 Å². The summed E-state index contributed by atoms with van der Waals surface area (Å²) in [6.45, 7) is 5.56. The van der Waals surface area contributed by atoms with Crippen molar-refractivity contribution in [3.05, 3.63) is 86.3 Å². The minimum atomic E-state index is -0.250. The van der Waals surface area contributed by atoms with E-state index < -0.39 is 0 Å². The number of hydrogen-bond acceptors (Lipinski definition) is 0. The molecule has 1 aliphatic carbocycles. The number of fused-ring (bicyclic) bond motifs is 6. The molecular weight excluding hydrogens is 437 g/mol. The van der Waals surface area contributed by atoms with Crippen LogP contribution in [0.25, 0.3) is 33.4 Å². The average molecular weight is 464 g/mol. The molecule has 0 amide bonds. The number of benzene rings is 3. The topological polar surface area (TPSA) is 23.8 Å². The van der Waals surface area contributed by atoms with Gasteiger partial charge in [0.2, 0.25) is 0 Å². The Kier molecular flexibility index (Phi) is 17.9. The van der Waals surface area contributed by atoms with Crippen molar-refractivity contribution in [2.75, 3.05) is 0 Å². The maximum atomic E-state index is 6.94. The zero-order valence-corrected chi connectivity index (χ0v) is 21.2. The van der Waals surface area contributed by atoms with Crippen LogP contribution >= 0.6 is 0 Å². The average Bonchev–Trinajstić information content (AvgIpc) is 2.96. The van der Waals surface area contributed by atoms with Gasteiger partial charge in [0, 0.05) is 11.0 Å². The number of rotatable bonds is 0. The molecule has 0 saturated carbocycles. The van der Waals surface area contributed by atoms with E-state index in [1.807, 2.05) is 20.8 Å². The van der Waals surface area contributed by atoms with Gasteiger partial charge in [0.25, 0.3) is 0 Å². The van der Waals surface area contributed by atoms with Gasteiger partial charge in [-0.1, -0.05) is 74.7 Å². The maximum absolute atomic E-state index is 6.94. The second-order valence-electron chi connectivity index (χ2n) is 6.76. The molecule has 3 aromatic carbocycles. The van der Waals surface area contributed by atoms with Crippen molar-refractivity contribution < 1.29 is 46.5 Å². The Morgan fingerprint density at radius 1 is 0.786 bits per heavy atom. The molecule has 4 rings (SSSR count). The van der Waals surface area contributed by atoms with Crippen molar-refractivity contribution in [1.29, 1.82) is 0 Å². The van der Waals surface area contributed by atoms with Gasteiger partial charge in [0.05, 0.1) is 0 Å². The summed E-state index contributed by atoms with van der Waals surface area (Å²) in [7, 11) is 0. The number of halogens is 2. The molecule has 0 atom stereocenters. The minimum absolute atomic E-state index is 0. The zero-order valence-electron chi connectivity index (χ0n) is 17.2. The van der Waals surface area contributed by atoms with Crippen molar-refractivity contribution in [2.24, 2.45) is 0 Å². The maximum Gasteiger partial charge on any atom is 2.00 e. The van der Waals surface area contributed by atoms with Crippen LogP contribution in [0.3, 0.4) is 0 Å². The summed E-state index contributed by atoms with van der Waals surface area (Å²) in [4.78, 5) is 0. The molecule has 1 N–H and O–H groups in total. The molecule has 0 bridgehead atoms. The first-order valence-electron chi connectivity index (χ1n) is 7.69. The van der Waals surface area contributed by atoms with Gasteiger partial charge in [-0.2, -0.15) is 5.56 Å². The molecule has 0 fully saturated rings. The third-order valence-electron chi connectivity index (χ3n) is 3.61. The molecule has 0 heterocycles. The Balaban J connectivity index is -0.000000239. The smallest absolute Gasteiger partial charge is 1.00 e. The van der Waals surface area contributed by atoms with Crippen LogP contribution in [-0.2, 0) is 28.1 Å². The standard InChI is InChI=1S/C17H11.C4H10N.2CH3.2ClH.Si.Ti/c1-3-8-14-12(6-1)13-7-2-4-9-15(13)17-11-5-10-16(14)17;1-4(2,3)5;;;;;;/h1-4,6-10H,11H2;5H,1-3H3;2*1H3;2*1H;;/q4*-1;;;;+2/p-2. The van der Waals surface area contributed by atoms with Crippen LogP contribution in [0.5, 0.6) is 0 Å². The predicted molar refractivity (Wildman–Crippen MR) is 116 cm³/mol. The van der Waals surface area contributed by atoms with Crippen molar-refractivity contribution in [2.45, 2.75) is 32.7 Å². The van der Waals surface area contributed by atoms with E-state index >= 15 is 0 Å². The molecule has 5 heteroatoms. The molecule has 4 radical (unpaired) electrons. The SMILES string of the molecule is CC(C)(C)[NH-].[C-]1=Cc2c(c3ccccc3c3ccccc23)C1.[CH3-].[CH3-].[Cl-].[Cl-].[Si].[Ti+2]. The third-order valence-corrected chi connectivity index (χ3v) is 3.61. The zero-order chi connectivity index (χ0) is 15.7. The normalized spacial score (nSPS) is 10.3. The summed E-state index contributed by atoms with van der Waals surface area (Å²) in [5.41, 5.74) is 9.48. The Bertz CT molecular complexity index is 867. The Morgan fingerprint density at radius 3 is 1.61 bits per heavy atom.